The van der Waals surface area contributed by atoms with Gasteiger partial charge < -0.3 is 15.3 Å². The van der Waals surface area contributed by atoms with E-state index in [4.69, 9.17) is 15.1 Å². The first-order valence-corrected chi connectivity index (χ1v) is 10.6. The van der Waals surface area contributed by atoms with Crippen molar-refractivity contribution in [3.05, 3.63) is 53.7 Å². The van der Waals surface area contributed by atoms with Crippen LogP contribution in [-0.4, -0.2) is 65.3 Å². The van der Waals surface area contributed by atoms with Gasteiger partial charge in [0.15, 0.2) is 6.10 Å². The van der Waals surface area contributed by atoms with Crippen LogP contribution in [-0.2, 0) is 11.8 Å². The zero-order valence-electron chi connectivity index (χ0n) is 19.3. The summed E-state index contributed by atoms with van der Waals surface area (Å²) in [7, 11) is 3.50. The van der Waals surface area contributed by atoms with Gasteiger partial charge in [0.25, 0.3) is 0 Å². The molecule has 0 amide bonds. The third-order valence-corrected chi connectivity index (χ3v) is 5.15. The molecule has 0 bridgehead atoms. The zero-order valence-corrected chi connectivity index (χ0v) is 19.3. The van der Waals surface area contributed by atoms with E-state index in [2.05, 4.69) is 10.1 Å². The van der Waals surface area contributed by atoms with Gasteiger partial charge in [-0.2, -0.15) is 10.1 Å². The molecule has 0 aliphatic heterocycles. The third kappa shape index (κ3) is 5.61. The summed E-state index contributed by atoms with van der Waals surface area (Å²) in [5.74, 6) is -1.01. The van der Waals surface area contributed by atoms with E-state index in [1.54, 1.807) is 41.9 Å². The standard InChI is InChI=1S/C23H27FN6O4/c1-13(2)19-17(10-9-16(31)11-18(32)21(33)34)20(14-5-7-15(24)8-6-14)28-22(27-19)29(3)23-25-12-26-30(23)4/h5-10,12-13,16,18,31-32H,11H2,1-4H3,(H,33,34)/t16-,18-/m1/s1. The number of hydrogen-bond acceptors (Lipinski definition) is 8. The average molecular weight is 471 g/mol. The van der Waals surface area contributed by atoms with E-state index in [-0.39, 0.29) is 12.3 Å². The minimum absolute atomic E-state index is 0.0600. The molecule has 0 saturated heterocycles. The van der Waals surface area contributed by atoms with Crippen molar-refractivity contribution in [2.75, 3.05) is 11.9 Å². The molecule has 10 nitrogen and oxygen atoms in total. The number of halogens is 1. The van der Waals surface area contributed by atoms with Crippen LogP contribution in [0.15, 0.2) is 36.7 Å². The highest BCUT2D eigenvalue weighted by atomic mass is 19.1. The number of nitrogens with zero attached hydrogens (tertiary/aromatic N) is 6. The number of aliphatic hydroxyl groups is 2. The molecule has 3 rings (SSSR count). The fraction of sp³-hybridized carbons (Fsp3) is 0.348. The van der Waals surface area contributed by atoms with E-state index >= 15 is 0 Å². The molecule has 0 aliphatic carbocycles. The van der Waals surface area contributed by atoms with Crippen molar-refractivity contribution in [2.45, 2.75) is 38.4 Å². The van der Waals surface area contributed by atoms with E-state index in [1.807, 2.05) is 13.8 Å². The topological polar surface area (TPSA) is 137 Å². The van der Waals surface area contributed by atoms with Gasteiger partial charge in [-0.25, -0.2) is 23.8 Å². The van der Waals surface area contributed by atoms with E-state index in [9.17, 15) is 19.4 Å². The summed E-state index contributed by atoms with van der Waals surface area (Å²) >= 11 is 0. The Kier molecular flexibility index (Phi) is 7.69. The lowest BCUT2D eigenvalue weighted by molar-refractivity contribution is -0.147. The fourth-order valence-electron chi connectivity index (χ4n) is 3.36. The quantitative estimate of drug-likeness (QED) is 0.431. The average Bonchev–Trinajstić information content (AvgIpc) is 3.22. The lowest BCUT2D eigenvalue weighted by atomic mass is 9.97. The molecule has 1 aromatic carbocycles. The van der Waals surface area contributed by atoms with Gasteiger partial charge in [-0.1, -0.05) is 26.0 Å². The lowest BCUT2D eigenvalue weighted by Crippen LogP contribution is -2.24. The highest BCUT2D eigenvalue weighted by Crippen LogP contribution is 2.32. The second-order valence-corrected chi connectivity index (χ2v) is 8.09. The summed E-state index contributed by atoms with van der Waals surface area (Å²) in [6.45, 7) is 3.90. The van der Waals surface area contributed by atoms with Gasteiger partial charge in [0.2, 0.25) is 11.9 Å². The number of anilines is 2. The van der Waals surface area contributed by atoms with Crippen LogP contribution < -0.4 is 4.90 Å². The molecular weight excluding hydrogens is 443 g/mol. The first kappa shape index (κ1) is 24.9. The molecule has 11 heteroatoms. The van der Waals surface area contributed by atoms with Crippen LogP contribution in [0.2, 0.25) is 0 Å². The zero-order chi connectivity index (χ0) is 25.0. The maximum absolute atomic E-state index is 13.6. The molecule has 0 radical (unpaired) electrons. The number of carbonyl (C=O) groups is 1. The molecule has 2 aromatic heterocycles. The molecule has 3 aromatic rings. The second-order valence-electron chi connectivity index (χ2n) is 8.09. The van der Waals surface area contributed by atoms with Crippen molar-refractivity contribution in [1.29, 1.82) is 0 Å². The maximum atomic E-state index is 13.6. The Morgan fingerprint density at radius 1 is 1.21 bits per heavy atom. The van der Waals surface area contributed by atoms with E-state index in [0.29, 0.717) is 34.4 Å². The van der Waals surface area contributed by atoms with Gasteiger partial charge in [-0.05, 0) is 30.2 Å². The molecule has 0 saturated carbocycles. The summed E-state index contributed by atoms with van der Waals surface area (Å²) in [5, 5.41) is 32.7. The molecular formula is C23H27FN6O4. The number of carboxylic acid groups (broad SMARTS) is 1. The number of aromatic nitrogens is 5. The van der Waals surface area contributed by atoms with E-state index < -0.39 is 24.0 Å². The van der Waals surface area contributed by atoms with Crippen molar-refractivity contribution in [2.24, 2.45) is 7.05 Å². The van der Waals surface area contributed by atoms with Crippen LogP contribution in [0.4, 0.5) is 16.3 Å². The van der Waals surface area contributed by atoms with Crippen LogP contribution in [0.1, 0.15) is 37.4 Å². The second kappa shape index (κ2) is 10.5. The Morgan fingerprint density at radius 2 is 1.88 bits per heavy atom. The van der Waals surface area contributed by atoms with Crippen LogP contribution in [0.25, 0.3) is 17.3 Å². The highest BCUT2D eigenvalue weighted by molar-refractivity contribution is 5.75. The number of carboxylic acids is 1. The minimum atomic E-state index is -1.69. The van der Waals surface area contributed by atoms with Gasteiger partial charge in [0, 0.05) is 31.6 Å². The molecule has 2 atom stereocenters. The van der Waals surface area contributed by atoms with Crippen LogP contribution >= 0.6 is 0 Å². The predicted octanol–water partition coefficient (Wildman–Crippen LogP) is 2.51. The minimum Gasteiger partial charge on any atom is -0.479 e. The monoisotopic (exact) mass is 470 g/mol. The number of rotatable bonds is 9. The first-order valence-electron chi connectivity index (χ1n) is 10.6. The number of aryl methyl sites for hydroxylation is 1. The fourth-order valence-corrected chi connectivity index (χ4v) is 3.36. The maximum Gasteiger partial charge on any atom is 0.332 e. The summed E-state index contributed by atoms with van der Waals surface area (Å²) in [4.78, 5) is 26.2. The van der Waals surface area contributed by atoms with Gasteiger partial charge >= 0.3 is 5.97 Å². The normalized spacial score (nSPS) is 13.4. The van der Waals surface area contributed by atoms with Gasteiger partial charge in [-0.3, -0.25) is 4.90 Å². The largest absolute Gasteiger partial charge is 0.479 e. The Morgan fingerprint density at radius 3 is 2.44 bits per heavy atom. The smallest absolute Gasteiger partial charge is 0.332 e. The van der Waals surface area contributed by atoms with Crippen LogP contribution in [0.5, 0.6) is 0 Å². The Bertz CT molecular complexity index is 1180. The SMILES string of the molecule is CC(C)c1nc(N(C)c2ncnn2C)nc(-c2ccc(F)cc2)c1C=C[C@@H](O)C[C@@H](O)C(=O)O. The summed E-state index contributed by atoms with van der Waals surface area (Å²) in [6.07, 6.45) is 1.12. The molecule has 0 fully saturated rings. The molecule has 0 aliphatic rings. The molecule has 180 valence electrons. The molecule has 0 spiro atoms. The highest BCUT2D eigenvalue weighted by Gasteiger charge is 2.22. The molecule has 3 N–H and O–H groups in total. The van der Waals surface area contributed by atoms with Crippen molar-refractivity contribution in [3.63, 3.8) is 0 Å². The van der Waals surface area contributed by atoms with Crippen molar-refractivity contribution in [3.8, 4) is 11.3 Å². The summed E-state index contributed by atoms with van der Waals surface area (Å²) < 4.78 is 15.2. The molecule has 34 heavy (non-hydrogen) atoms. The number of aliphatic hydroxyl groups excluding tert-OH is 2. The van der Waals surface area contributed by atoms with Gasteiger partial charge in [-0.15, -0.1) is 0 Å². The van der Waals surface area contributed by atoms with Crippen LogP contribution in [0.3, 0.4) is 0 Å². The lowest BCUT2D eigenvalue weighted by Gasteiger charge is -2.21. The van der Waals surface area contributed by atoms with Crippen molar-refractivity contribution in [1.82, 2.24) is 24.7 Å². The molecule has 2 heterocycles. The first-order chi connectivity index (χ1) is 16.1. The van der Waals surface area contributed by atoms with Gasteiger partial charge in [0.05, 0.1) is 17.5 Å². The Balaban J connectivity index is 2.14. The van der Waals surface area contributed by atoms with Crippen LogP contribution in [0, 0.1) is 5.82 Å². The van der Waals surface area contributed by atoms with E-state index in [0.717, 1.165) is 0 Å². The van der Waals surface area contributed by atoms with E-state index in [1.165, 1.54) is 24.5 Å². The van der Waals surface area contributed by atoms with Crippen molar-refractivity contribution >= 4 is 23.9 Å². The number of benzene rings is 1. The van der Waals surface area contributed by atoms with Crippen molar-refractivity contribution < 1.29 is 24.5 Å². The van der Waals surface area contributed by atoms with Gasteiger partial charge in [0.1, 0.15) is 12.1 Å². The Labute approximate surface area is 196 Å². The number of hydrogen-bond donors (Lipinski definition) is 3. The summed E-state index contributed by atoms with van der Waals surface area (Å²) in [6, 6.07) is 5.83. The third-order valence-electron chi connectivity index (χ3n) is 5.15. The number of aliphatic carboxylic acids is 1. The summed E-state index contributed by atoms with van der Waals surface area (Å²) in [5.41, 5.74) is 2.35. The Hall–Kier alpha value is -3.70. The predicted molar refractivity (Wildman–Crippen MR) is 124 cm³/mol. The molecule has 0 unspecified atom stereocenters.